The van der Waals surface area contributed by atoms with E-state index in [1.807, 2.05) is 6.07 Å². The summed E-state index contributed by atoms with van der Waals surface area (Å²) >= 11 is 0. The van der Waals surface area contributed by atoms with Crippen molar-refractivity contribution in [3.63, 3.8) is 0 Å². The molecule has 102 valence electrons. The van der Waals surface area contributed by atoms with Crippen LogP contribution in [0.25, 0.3) is 0 Å². The molecule has 2 saturated heterocycles. The van der Waals surface area contributed by atoms with Gasteiger partial charge in [0, 0.05) is 12.6 Å². The van der Waals surface area contributed by atoms with Crippen LogP contribution >= 0.6 is 0 Å². The van der Waals surface area contributed by atoms with Gasteiger partial charge in [-0.25, -0.2) is 4.79 Å². The molecule has 0 spiro atoms. The maximum absolute atomic E-state index is 11.2. The van der Waals surface area contributed by atoms with E-state index in [-0.39, 0.29) is 12.2 Å². The third-order valence-corrected chi connectivity index (χ3v) is 4.03. The number of amides is 1. The predicted octanol–water partition coefficient (Wildman–Crippen LogP) is 2.15. The first-order valence-corrected chi connectivity index (χ1v) is 7.05. The van der Waals surface area contributed by atoms with Crippen molar-refractivity contribution >= 4 is 6.09 Å². The third-order valence-electron chi connectivity index (χ3n) is 4.03. The Morgan fingerprint density at radius 2 is 2.11 bits per heavy atom. The number of hydrogen-bond acceptors (Lipinski definition) is 3. The number of carbonyl (C=O) groups is 1. The van der Waals surface area contributed by atoms with E-state index in [0.29, 0.717) is 12.6 Å². The van der Waals surface area contributed by atoms with Crippen LogP contribution in [0.1, 0.15) is 24.8 Å². The molecule has 19 heavy (non-hydrogen) atoms. The number of ether oxygens (including phenoxy) is 1. The lowest BCUT2D eigenvalue weighted by molar-refractivity contribution is 0.0328. The highest BCUT2D eigenvalue weighted by Gasteiger charge is 2.35. The van der Waals surface area contributed by atoms with Gasteiger partial charge in [0.25, 0.3) is 0 Å². The lowest BCUT2D eigenvalue weighted by atomic mass is 9.96. The second-order valence-electron chi connectivity index (χ2n) is 5.34. The van der Waals surface area contributed by atoms with E-state index in [0.717, 1.165) is 19.5 Å². The van der Waals surface area contributed by atoms with Crippen molar-refractivity contribution in [3.05, 3.63) is 35.9 Å². The van der Waals surface area contributed by atoms with Crippen LogP contribution < -0.4 is 5.32 Å². The number of cyclic esters (lactones) is 1. The molecule has 2 aliphatic heterocycles. The maximum atomic E-state index is 11.2. The number of likely N-dealkylation sites (tertiary alicyclic amines) is 1. The van der Waals surface area contributed by atoms with Crippen LogP contribution in [0.5, 0.6) is 0 Å². The van der Waals surface area contributed by atoms with Crippen LogP contribution in [-0.2, 0) is 11.3 Å². The molecule has 1 aromatic carbocycles. The zero-order valence-electron chi connectivity index (χ0n) is 11.0. The van der Waals surface area contributed by atoms with Gasteiger partial charge in [-0.15, -0.1) is 0 Å². The van der Waals surface area contributed by atoms with Gasteiger partial charge in [-0.05, 0) is 24.9 Å². The molecule has 2 aliphatic rings. The maximum Gasteiger partial charge on any atom is 0.407 e. The fourth-order valence-electron chi connectivity index (χ4n) is 3.07. The number of nitrogens with zero attached hydrogens (tertiary/aromatic N) is 1. The summed E-state index contributed by atoms with van der Waals surface area (Å²) in [4.78, 5) is 13.7. The molecule has 0 bridgehead atoms. The van der Waals surface area contributed by atoms with Crippen molar-refractivity contribution in [1.82, 2.24) is 10.2 Å². The van der Waals surface area contributed by atoms with Gasteiger partial charge in [0.2, 0.25) is 0 Å². The topological polar surface area (TPSA) is 41.6 Å². The second-order valence-corrected chi connectivity index (χ2v) is 5.34. The van der Waals surface area contributed by atoms with Gasteiger partial charge < -0.3 is 10.1 Å². The van der Waals surface area contributed by atoms with Crippen molar-refractivity contribution in [3.8, 4) is 0 Å². The SMILES string of the molecule is O=C1NCC(C2CCCCN2Cc2ccccc2)O1. The molecular formula is C15H20N2O2. The summed E-state index contributed by atoms with van der Waals surface area (Å²) in [5, 5.41) is 2.76. The second kappa shape index (κ2) is 5.61. The third kappa shape index (κ3) is 2.89. The van der Waals surface area contributed by atoms with Crippen LogP contribution in [0.3, 0.4) is 0 Å². The first-order valence-electron chi connectivity index (χ1n) is 7.05. The summed E-state index contributed by atoms with van der Waals surface area (Å²) in [6.45, 7) is 2.68. The minimum atomic E-state index is -0.268. The quantitative estimate of drug-likeness (QED) is 0.905. The molecule has 4 heteroatoms. The van der Waals surface area contributed by atoms with Crippen molar-refractivity contribution < 1.29 is 9.53 Å². The minimum absolute atomic E-state index is 0.0107. The Labute approximate surface area is 113 Å². The van der Waals surface area contributed by atoms with Crippen molar-refractivity contribution in [2.24, 2.45) is 0 Å². The van der Waals surface area contributed by atoms with E-state index in [1.165, 1.54) is 18.4 Å². The van der Waals surface area contributed by atoms with Crippen LogP contribution in [0.15, 0.2) is 30.3 Å². The molecule has 0 aliphatic carbocycles. The van der Waals surface area contributed by atoms with Gasteiger partial charge in [-0.1, -0.05) is 36.8 Å². The Bertz CT molecular complexity index is 435. The van der Waals surface area contributed by atoms with Crippen molar-refractivity contribution in [1.29, 1.82) is 0 Å². The number of alkyl carbamates (subject to hydrolysis) is 1. The smallest absolute Gasteiger partial charge is 0.407 e. The van der Waals surface area contributed by atoms with Gasteiger partial charge in [0.15, 0.2) is 0 Å². The Morgan fingerprint density at radius 3 is 2.84 bits per heavy atom. The lowest BCUT2D eigenvalue weighted by Crippen LogP contribution is -2.47. The average Bonchev–Trinajstić information content (AvgIpc) is 2.87. The molecular weight excluding hydrogens is 240 g/mol. The first-order chi connectivity index (χ1) is 9.33. The van der Waals surface area contributed by atoms with Crippen LogP contribution in [0.2, 0.25) is 0 Å². The Hall–Kier alpha value is -1.55. The Balaban J connectivity index is 1.69. The molecule has 2 fully saturated rings. The minimum Gasteiger partial charge on any atom is -0.443 e. The number of rotatable bonds is 3. The summed E-state index contributed by atoms with van der Waals surface area (Å²) in [5.74, 6) is 0. The molecule has 3 rings (SSSR count). The predicted molar refractivity (Wildman–Crippen MR) is 72.8 cm³/mol. The highest BCUT2D eigenvalue weighted by Crippen LogP contribution is 2.24. The van der Waals surface area contributed by atoms with Crippen molar-refractivity contribution in [2.45, 2.75) is 38.0 Å². The number of nitrogens with one attached hydrogen (secondary N) is 1. The van der Waals surface area contributed by atoms with Crippen LogP contribution in [0.4, 0.5) is 4.79 Å². The fourth-order valence-corrected chi connectivity index (χ4v) is 3.07. The summed E-state index contributed by atoms with van der Waals surface area (Å²) in [6.07, 6.45) is 3.32. The van der Waals surface area contributed by atoms with Gasteiger partial charge in [-0.2, -0.15) is 0 Å². The Morgan fingerprint density at radius 1 is 1.26 bits per heavy atom. The fraction of sp³-hybridized carbons (Fsp3) is 0.533. The largest absolute Gasteiger partial charge is 0.443 e. The van der Waals surface area contributed by atoms with E-state index in [1.54, 1.807) is 0 Å². The highest BCUT2D eigenvalue weighted by atomic mass is 16.6. The zero-order valence-corrected chi connectivity index (χ0v) is 11.0. The van der Waals surface area contributed by atoms with Crippen LogP contribution in [-0.4, -0.2) is 36.2 Å². The molecule has 4 nitrogen and oxygen atoms in total. The first kappa shape index (κ1) is 12.5. The monoisotopic (exact) mass is 260 g/mol. The summed E-state index contributed by atoms with van der Waals surface area (Å²) < 4.78 is 5.38. The lowest BCUT2D eigenvalue weighted by Gasteiger charge is -2.37. The molecule has 1 amide bonds. The molecule has 0 saturated carbocycles. The molecule has 0 radical (unpaired) electrons. The van der Waals surface area contributed by atoms with Gasteiger partial charge in [0.05, 0.1) is 6.54 Å². The van der Waals surface area contributed by atoms with E-state index in [9.17, 15) is 4.79 Å². The Kier molecular flexibility index (Phi) is 3.69. The normalized spacial score (nSPS) is 27.9. The molecule has 2 unspecified atom stereocenters. The molecule has 1 N–H and O–H groups in total. The van der Waals surface area contributed by atoms with E-state index in [2.05, 4.69) is 34.5 Å². The van der Waals surface area contributed by atoms with E-state index >= 15 is 0 Å². The summed E-state index contributed by atoms with van der Waals surface area (Å²) in [7, 11) is 0. The molecule has 1 aromatic rings. The number of benzene rings is 1. The van der Waals surface area contributed by atoms with E-state index < -0.39 is 0 Å². The summed E-state index contributed by atoms with van der Waals surface area (Å²) in [6, 6.07) is 10.9. The highest BCUT2D eigenvalue weighted by molar-refractivity contribution is 5.69. The number of hydrogen-bond donors (Lipinski definition) is 1. The average molecular weight is 260 g/mol. The zero-order chi connectivity index (χ0) is 13.1. The van der Waals surface area contributed by atoms with Crippen molar-refractivity contribution in [2.75, 3.05) is 13.1 Å². The van der Waals surface area contributed by atoms with E-state index in [4.69, 9.17) is 4.74 Å². The number of piperidine rings is 1. The summed E-state index contributed by atoms with van der Waals surface area (Å²) in [5.41, 5.74) is 1.33. The molecule has 2 atom stereocenters. The number of carbonyl (C=O) groups excluding carboxylic acids is 1. The molecule has 2 heterocycles. The molecule has 0 aromatic heterocycles. The standard InChI is InChI=1S/C15H20N2O2/c18-15-16-10-14(19-15)13-8-4-5-9-17(13)11-12-6-2-1-3-7-12/h1-3,6-7,13-14H,4-5,8-11H2,(H,16,18). The van der Waals surface area contributed by atoms with Gasteiger partial charge in [-0.3, -0.25) is 4.90 Å². The van der Waals surface area contributed by atoms with Crippen LogP contribution in [0, 0.1) is 0 Å². The van der Waals surface area contributed by atoms with Gasteiger partial charge >= 0.3 is 6.09 Å². The van der Waals surface area contributed by atoms with Gasteiger partial charge in [0.1, 0.15) is 6.10 Å².